The van der Waals surface area contributed by atoms with Gasteiger partial charge in [-0.25, -0.2) is 0 Å². The average Bonchev–Trinajstić information content (AvgIpc) is 2.46. The van der Waals surface area contributed by atoms with Gasteiger partial charge in [0.05, 0.1) is 0 Å². The molecule has 0 bridgehead atoms. The van der Waals surface area contributed by atoms with E-state index in [9.17, 15) is 0 Å². The SMILES string of the molecule is [c]1nc(CC2CC2)no1. The van der Waals surface area contributed by atoms with E-state index in [0.29, 0.717) is 0 Å². The molecule has 1 aliphatic rings. The molecule has 47 valence electrons. The minimum Gasteiger partial charge on any atom is -0.329 e. The minimum absolute atomic E-state index is 0.803. The largest absolute Gasteiger partial charge is 0.329 e. The maximum Gasteiger partial charge on any atom is 0.316 e. The van der Waals surface area contributed by atoms with Crippen LogP contribution in [-0.2, 0) is 6.42 Å². The first-order valence-corrected chi connectivity index (χ1v) is 3.14. The molecule has 0 saturated heterocycles. The van der Waals surface area contributed by atoms with Gasteiger partial charge in [0.2, 0.25) is 0 Å². The third kappa shape index (κ3) is 1.09. The molecule has 3 nitrogen and oxygen atoms in total. The predicted octanol–water partition coefficient (Wildman–Crippen LogP) is 0.822. The van der Waals surface area contributed by atoms with Crippen LogP contribution in [0.2, 0.25) is 0 Å². The Morgan fingerprint density at radius 3 is 3.11 bits per heavy atom. The van der Waals surface area contributed by atoms with Crippen molar-refractivity contribution in [3.63, 3.8) is 0 Å². The Kier molecular flexibility index (Phi) is 1.01. The number of aromatic nitrogens is 2. The zero-order valence-electron chi connectivity index (χ0n) is 5.00. The van der Waals surface area contributed by atoms with Gasteiger partial charge in [-0.15, -0.1) is 0 Å². The Bertz CT molecular complexity index is 179. The molecule has 3 heteroatoms. The van der Waals surface area contributed by atoms with Crippen LogP contribution in [0.25, 0.3) is 0 Å². The highest BCUT2D eigenvalue weighted by molar-refractivity contribution is 4.87. The van der Waals surface area contributed by atoms with Crippen LogP contribution in [0.4, 0.5) is 0 Å². The molecule has 0 N–H and O–H groups in total. The predicted molar refractivity (Wildman–Crippen MR) is 29.6 cm³/mol. The molecule has 1 fully saturated rings. The molecule has 2 rings (SSSR count). The summed E-state index contributed by atoms with van der Waals surface area (Å²) in [5, 5.41) is 3.65. The van der Waals surface area contributed by atoms with Crippen LogP contribution >= 0.6 is 0 Å². The quantitative estimate of drug-likeness (QED) is 0.584. The second kappa shape index (κ2) is 1.83. The summed E-state index contributed by atoms with van der Waals surface area (Å²) in [7, 11) is 0. The van der Waals surface area contributed by atoms with Crippen molar-refractivity contribution in [3.8, 4) is 0 Å². The van der Waals surface area contributed by atoms with E-state index in [-0.39, 0.29) is 0 Å². The summed E-state index contributed by atoms with van der Waals surface area (Å²) in [5.74, 6) is 1.63. The Balaban J connectivity index is 1.99. The van der Waals surface area contributed by atoms with E-state index in [2.05, 4.69) is 21.1 Å². The highest BCUT2D eigenvalue weighted by Crippen LogP contribution is 2.31. The van der Waals surface area contributed by atoms with Crippen LogP contribution in [0.15, 0.2) is 4.52 Å². The summed E-state index contributed by atoms with van der Waals surface area (Å²) >= 11 is 0. The molecule has 0 aliphatic heterocycles. The van der Waals surface area contributed by atoms with E-state index in [4.69, 9.17) is 0 Å². The average molecular weight is 123 g/mol. The molecular weight excluding hydrogens is 116 g/mol. The van der Waals surface area contributed by atoms with Crippen LogP contribution in [-0.4, -0.2) is 10.1 Å². The molecule has 0 amide bonds. The van der Waals surface area contributed by atoms with Gasteiger partial charge in [-0.3, -0.25) is 0 Å². The maximum atomic E-state index is 4.46. The van der Waals surface area contributed by atoms with E-state index in [1.165, 1.54) is 12.8 Å². The van der Waals surface area contributed by atoms with Crippen LogP contribution in [0.1, 0.15) is 18.7 Å². The van der Waals surface area contributed by atoms with E-state index in [0.717, 1.165) is 18.2 Å². The molecule has 1 aromatic heterocycles. The van der Waals surface area contributed by atoms with Crippen LogP contribution < -0.4 is 0 Å². The third-order valence-electron chi connectivity index (χ3n) is 1.53. The lowest BCUT2D eigenvalue weighted by atomic mass is 10.3. The fourth-order valence-corrected chi connectivity index (χ4v) is 0.830. The minimum atomic E-state index is 0.803. The van der Waals surface area contributed by atoms with E-state index in [1.807, 2.05) is 0 Å². The van der Waals surface area contributed by atoms with Crippen molar-refractivity contribution < 1.29 is 4.52 Å². The van der Waals surface area contributed by atoms with E-state index < -0.39 is 0 Å². The monoisotopic (exact) mass is 123 g/mol. The summed E-state index contributed by atoms with van der Waals surface area (Å²) in [6.45, 7) is 0. The van der Waals surface area contributed by atoms with Crippen LogP contribution in [0, 0.1) is 12.3 Å². The Morgan fingerprint density at radius 2 is 2.56 bits per heavy atom. The summed E-state index contributed by atoms with van der Waals surface area (Å²) in [4.78, 5) is 3.79. The van der Waals surface area contributed by atoms with Crippen molar-refractivity contribution in [2.45, 2.75) is 19.3 Å². The first kappa shape index (κ1) is 4.97. The van der Waals surface area contributed by atoms with Gasteiger partial charge in [-0.05, 0) is 18.8 Å². The summed E-state index contributed by atoms with van der Waals surface area (Å²) in [6, 6.07) is 0. The van der Waals surface area contributed by atoms with Gasteiger partial charge in [0.25, 0.3) is 0 Å². The zero-order valence-corrected chi connectivity index (χ0v) is 5.00. The van der Waals surface area contributed by atoms with Crippen molar-refractivity contribution in [2.75, 3.05) is 0 Å². The van der Waals surface area contributed by atoms with Crippen molar-refractivity contribution in [2.24, 2.45) is 5.92 Å². The third-order valence-corrected chi connectivity index (χ3v) is 1.53. The van der Waals surface area contributed by atoms with Crippen LogP contribution in [0.3, 0.4) is 0 Å². The maximum absolute atomic E-state index is 4.46. The fraction of sp³-hybridized carbons (Fsp3) is 0.667. The summed E-state index contributed by atoms with van der Waals surface area (Å²) < 4.78 is 4.46. The molecule has 1 saturated carbocycles. The van der Waals surface area contributed by atoms with Crippen LogP contribution in [0.5, 0.6) is 0 Å². The van der Waals surface area contributed by atoms with Gasteiger partial charge in [-0.2, -0.15) is 4.98 Å². The van der Waals surface area contributed by atoms with Crippen molar-refractivity contribution in [1.29, 1.82) is 0 Å². The van der Waals surface area contributed by atoms with Gasteiger partial charge in [-0.1, -0.05) is 5.16 Å². The first-order valence-electron chi connectivity index (χ1n) is 3.14. The molecular formula is C6H7N2O. The molecule has 0 atom stereocenters. The van der Waals surface area contributed by atoms with Crippen molar-refractivity contribution in [1.82, 2.24) is 10.1 Å². The summed E-state index contributed by atoms with van der Waals surface area (Å²) in [6.07, 6.45) is 5.96. The Labute approximate surface area is 53.1 Å². The lowest BCUT2D eigenvalue weighted by Crippen LogP contribution is -1.88. The first-order chi connectivity index (χ1) is 4.45. The van der Waals surface area contributed by atoms with E-state index >= 15 is 0 Å². The highest BCUT2D eigenvalue weighted by atomic mass is 16.5. The Hall–Kier alpha value is -0.860. The lowest BCUT2D eigenvalue weighted by Gasteiger charge is -1.83. The number of hydrogen-bond acceptors (Lipinski definition) is 3. The van der Waals surface area contributed by atoms with Gasteiger partial charge >= 0.3 is 6.39 Å². The molecule has 1 aromatic rings. The molecule has 1 radical (unpaired) electrons. The molecule has 1 aliphatic carbocycles. The second-order valence-electron chi connectivity index (χ2n) is 2.45. The van der Waals surface area contributed by atoms with Crippen molar-refractivity contribution in [3.05, 3.63) is 12.2 Å². The van der Waals surface area contributed by atoms with Gasteiger partial charge in [0, 0.05) is 6.42 Å². The van der Waals surface area contributed by atoms with Crippen molar-refractivity contribution >= 4 is 0 Å². The number of hydrogen-bond donors (Lipinski definition) is 0. The molecule has 0 spiro atoms. The lowest BCUT2D eigenvalue weighted by molar-refractivity contribution is 0.402. The van der Waals surface area contributed by atoms with Gasteiger partial charge in [0.15, 0.2) is 5.82 Å². The smallest absolute Gasteiger partial charge is 0.316 e. The van der Waals surface area contributed by atoms with Gasteiger partial charge in [0.1, 0.15) is 0 Å². The number of rotatable bonds is 2. The fourth-order valence-electron chi connectivity index (χ4n) is 0.830. The Morgan fingerprint density at radius 1 is 1.67 bits per heavy atom. The topological polar surface area (TPSA) is 38.9 Å². The zero-order chi connectivity index (χ0) is 6.10. The molecule has 0 unspecified atom stereocenters. The molecule has 0 aromatic carbocycles. The second-order valence-corrected chi connectivity index (χ2v) is 2.45. The normalized spacial score (nSPS) is 18.2. The van der Waals surface area contributed by atoms with E-state index in [1.54, 1.807) is 0 Å². The molecule has 1 heterocycles. The highest BCUT2D eigenvalue weighted by Gasteiger charge is 2.23. The standard InChI is InChI=1S/C6H7N2O/c1-2-5(1)3-6-7-4-9-8-6/h5H,1-3H2. The molecule has 9 heavy (non-hydrogen) atoms. The van der Waals surface area contributed by atoms with Gasteiger partial charge < -0.3 is 4.52 Å². The number of nitrogens with zero attached hydrogens (tertiary/aromatic N) is 2. The summed E-state index contributed by atoms with van der Waals surface area (Å²) in [5.41, 5.74) is 0.